The first kappa shape index (κ1) is 17.3. The standard InChI is InChI=1S/C18H21ClN2O2/c1-21(2)16(15-9-4-5-10-17(15)23-3)12-20-18(22)13-7-6-8-14(19)11-13/h4-11,16H,12H2,1-3H3,(H,20,22)/t16-/m0/s1. The quantitative estimate of drug-likeness (QED) is 0.881. The Morgan fingerprint density at radius 2 is 1.96 bits per heavy atom. The Labute approximate surface area is 142 Å². The fraction of sp³-hybridized carbons (Fsp3) is 0.278. The van der Waals surface area contributed by atoms with Crippen LogP contribution in [-0.2, 0) is 0 Å². The third-order valence-electron chi connectivity index (χ3n) is 3.66. The number of benzene rings is 2. The average Bonchev–Trinajstić information content (AvgIpc) is 2.55. The summed E-state index contributed by atoms with van der Waals surface area (Å²) in [6.45, 7) is 0.471. The minimum atomic E-state index is -0.144. The molecule has 5 heteroatoms. The highest BCUT2D eigenvalue weighted by Crippen LogP contribution is 2.27. The molecular formula is C18H21ClN2O2. The summed E-state index contributed by atoms with van der Waals surface area (Å²) < 4.78 is 5.43. The lowest BCUT2D eigenvalue weighted by Gasteiger charge is -2.26. The molecule has 0 aliphatic rings. The van der Waals surface area contributed by atoms with Crippen molar-refractivity contribution in [2.24, 2.45) is 0 Å². The van der Waals surface area contributed by atoms with Crippen LogP contribution in [0, 0.1) is 0 Å². The molecule has 1 atom stereocenters. The number of amides is 1. The maximum Gasteiger partial charge on any atom is 0.251 e. The molecule has 0 radical (unpaired) electrons. The molecule has 0 bridgehead atoms. The van der Waals surface area contributed by atoms with Crippen molar-refractivity contribution in [3.05, 3.63) is 64.7 Å². The van der Waals surface area contributed by atoms with E-state index in [1.165, 1.54) is 0 Å². The first-order valence-electron chi connectivity index (χ1n) is 7.36. The molecule has 122 valence electrons. The zero-order chi connectivity index (χ0) is 16.8. The summed E-state index contributed by atoms with van der Waals surface area (Å²) in [7, 11) is 5.60. The van der Waals surface area contributed by atoms with Crippen LogP contribution >= 0.6 is 11.6 Å². The van der Waals surface area contributed by atoms with Gasteiger partial charge in [0.05, 0.1) is 13.2 Å². The van der Waals surface area contributed by atoms with Crippen molar-refractivity contribution in [3.8, 4) is 5.75 Å². The van der Waals surface area contributed by atoms with Crippen molar-refractivity contribution in [1.29, 1.82) is 0 Å². The summed E-state index contributed by atoms with van der Waals surface area (Å²) in [6.07, 6.45) is 0. The summed E-state index contributed by atoms with van der Waals surface area (Å²) in [5.41, 5.74) is 1.58. The summed E-state index contributed by atoms with van der Waals surface area (Å²) >= 11 is 5.93. The number of methoxy groups -OCH3 is 1. The highest BCUT2D eigenvalue weighted by molar-refractivity contribution is 6.30. The van der Waals surface area contributed by atoms with Gasteiger partial charge in [-0.15, -0.1) is 0 Å². The van der Waals surface area contributed by atoms with E-state index in [9.17, 15) is 4.79 Å². The smallest absolute Gasteiger partial charge is 0.251 e. The van der Waals surface area contributed by atoms with Crippen molar-refractivity contribution in [3.63, 3.8) is 0 Å². The van der Waals surface area contributed by atoms with Gasteiger partial charge in [-0.2, -0.15) is 0 Å². The van der Waals surface area contributed by atoms with Crippen molar-refractivity contribution in [2.45, 2.75) is 6.04 Å². The van der Waals surface area contributed by atoms with E-state index < -0.39 is 0 Å². The molecule has 0 saturated carbocycles. The van der Waals surface area contributed by atoms with Gasteiger partial charge in [-0.25, -0.2) is 0 Å². The number of ether oxygens (including phenoxy) is 1. The first-order valence-corrected chi connectivity index (χ1v) is 7.74. The predicted molar refractivity (Wildman–Crippen MR) is 93.2 cm³/mol. The number of halogens is 1. The Hall–Kier alpha value is -2.04. The first-order chi connectivity index (χ1) is 11.0. The second-order valence-corrected chi connectivity index (χ2v) is 5.88. The van der Waals surface area contributed by atoms with Crippen LogP contribution in [0.5, 0.6) is 5.75 Å². The topological polar surface area (TPSA) is 41.6 Å². The Balaban J connectivity index is 2.13. The van der Waals surface area contributed by atoms with Crippen LogP contribution in [0.15, 0.2) is 48.5 Å². The lowest BCUT2D eigenvalue weighted by atomic mass is 10.0. The zero-order valence-electron chi connectivity index (χ0n) is 13.5. The molecule has 1 amide bonds. The number of para-hydroxylation sites is 1. The van der Waals surface area contributed by atoms with Crippen molar-refractivity contribution in [2.75, 3.05) is 27.7 Å². The number of rotatable bonds is 6. The number of carbonyl (C=O) groups excluding carboxylic acids is 1. The van der Waals surface area contributed by atoms with Gasteiger partial charge in [0.1, 0.15) is 5.75 Å². The van der Waals surface area contributed by atoms with Gasteiger partial charge in [0.25, 0.3) is 5.91 Å². The van der Waals surface area contributed by atoms with Crippen LogP contribution in [0.4, 0.5) is 0 Å². The lowest BCUT2D eigenvalue weighted by Crippen LogP contribution is -2.34. The van der Waals surface area contributed by atoms with Crippen LogP contribution in [-0.4, -0.2) is 38.6 Å². The van der Waals surface area contributed by atoms with Gasteiger partial charge >= 0.3 is 0 Å². The van der Waals surface area contributed by atoms with Crippen molar-refractivity contribution < 1.29 is 9.53 Å². The molecule has 0 aliphatic heterocycles. The van der Waals surface area contributed by atoms with Crippen molar-refractivity contribution >= 4 is 17.5 Å². The zero-order valence-corrected chi connectivity index (χ0v) is 14.3. The molecule has 4 nitrogen and oxygen atoms in total. The van der Waals surface area contributed by atoms with E-state index in [2.05, 4.69) is 10.2 Å². The minimum absolute atomic E-state index is 0.00860. The second-order valence-electron chi connectivity index (χ2n) is 5.44. The third-order valence-corrected chi connectivity index (χ3v) is 3.90. The molecule has 2 aromatic carbocycles. The van der Waals surface area contributed by atoms with Crippen LogP contribution in [0.3, 0.4) is 0 Å². The van der Waals surface area contributed by atoms with Gasteiger partial charge in [0, 0.05) is 22.7 Å². The molecule has 0 fully saturated rings. The Bertz CT molecular complexity index is 674. The van der Waals surface area contributed by atoms with Crippen LogP contribution in [0.2, 0.25) is 5.02 Å². The highest BCUT2D eigenvalue weighted by Gasteiger charge is 2.19. The molecule has 0 heterocycles. The fourth-order valence-electron chi connectivity index (χ4n) is 2.43. The Kier molecular flexibility index (Phi) is 6.02. The largest absolute Gasteiger partial charge is 0.496 e. The van der Waals surface area contributed by atoms with Crippen molar-refractivity contribution in [1.82, 2.24) is 10.2 Å². The van der Waals surface area contributed by atoms with Crippen LogP contribution in [0.25, 0.3) is 0 Å². The molecule has 0 saturated heterocycles. The highest BCUT2D eigenvalue weighted by atomic mass is 35.5. The summed E-state index contributed by atoms with van der Waals surface area (Å²) in [5.74, 6) is 0.664. The third kappa shape index (κ3) is 4.47. The molecule has 0 unspecified atom stereocenters. The van der Waals surface area contributed by atoms with E-state index >= 15 is 0 Å². The van der Waals surface area contributed by atoms with Gasteiger partial charge in [-0.1, -0.05) is 35.9 Å². The number of hydrogen-bond acceptors (Lipinski definition) is 3. The number of carbonyl (C=O) groups is 1. The van der Waals surface area contributed by atoms with Gasteiger partial charge in [0.15, 0.2) is 0 Å². The molecule has 1 N–H and O–H groups in total. The summed E-state index contributed by atoms with van der Waals surface area (Å²) in [6, 6.07) is 14.7. The summed E-state index contributed by atoms with van der Waals surface area (Å²) in [5, 5.41) is 3.51. The van der Waals surface area contributed by atoms with E-state index in [0.717, 1.165) is 11.3 Å². The van der Waals surface area contributed by atoms with Gasteiger partial charge in [-0.05, 0) is 38.4 Å². The minimum Gasteiger partial charge on any atom is -0.496 e. The average molecular weight is 333 g/mol. The maximum atomic E-state index is 12.3. The number of hydrogen-bond donors (Lipinski definition) is 1. The fourth-order valence-corrected chi connectivity index (χ4v) is 2.62. The van der Waals surface area contributed by atoms with Crippen LogP contribution < -0.4 is 10.1 Å². The van der Waals surface area contributed by atoms with E-state index in [1.807, 2.05) is 38.4 Å². The maximum absolute atomic E-state index is 12.3. The molecular weight excluding hydrogens is 312 g/mol. The molecule has 2 aromatic rings. The second kappa shape index (κ2) is 7.99. The number of likely N-dealkylation sites (N-methyl/N-ethyl adjacent to an activating group) is 1. The van der Waals surface area contributed by atoms with Gasteiger partial charge in [-0.3, -0.25) is 4.79 Å². The molecule has 0 spiro atoms. The van der Waals surface area contributed by atoms with E-state index in [-0.39, 0.29) is 11.9 Å². The van der Waals surface area contributed by atoms with E-state index in [1.54, 1.807) is 31.4 Å². The van der Waals surface area contributed by atoms with Gasteiger partial charge < -0.3 is 15.0 Å². The lowest BCUT2D eigenvalue weighted by molar-refractivity contribution is 0.0941. The predicted octanol–water partition coefficient (Wildman–Crippen LogP) is 3.38. The van der Waals surface area contributed by atoms with E-state index in [0.29, 0.717) is 17.1 Å². The molecule has 0 aromatic heterocycles. The molecule has 0 aliphatic carbocycles. The van der Waals surface area contributed by atoms with Crippen LogP contribution in [0.1, 0.15) is 22.0 Å². The van der Waals surface area contributed by atoms with E-state index in [4.69, 9.17) is 16.3 Å². The molecule has 23 heavy (non-hydrogen) atoms. The van der Waals surface area contributed by atoms with Gasteiger partial charge in [0.2, 0.25) is 0 Å². The number of nitrogens with zero attached hydrogens (tertiary/aromatic N) is 1. The number of nitrogens with one attached hydrogen (secondary N) is 1. The Morgan fingerprint density at radius 3 is 2.61 bits per heavy atom. The Morgan fingerprint density at radius 1 is 1.22 bits per heavy atom. The summed E-state index contributed by atoms with van der Waals surface area (Å²) in [4.78, 5) is 14.3. The molecule has 2 rings (SSSR count). The normalized spacial score (nSPS) is 12.0. The monoisotopic (exact) mass is 332 g/mol. The SMILES string of the molecule is COc1ccccc1[C@H](CNC(=O)c1cccc(Cl)c1)N(C)C.